The minimum atomic E-state index is -0.224. The van der Waals surface area contributed by atoms with Gasteiger partial charge in [-0.05, 0) is 35.2 Å². The molecule has 1 aromatic heterocycles. The van der Waals surface area contributed by atoms with Crippen LogP contribution in [-0.4, -0.2) is 48.5 Å². The second-order valence-electron chi connectivity index (χ2n) is 7.80. The molecule has 3 aromatic rings. The molecule has 0 saturated carbocycles. The summed E-state index contributed by atoms with van der Waals surface area (Å²) < 4.78 is 11.0. The molecular weight excluding hydrogens is 438 g/mol. The number of nitrogens with one attached hydrogen (secondary N) is 1. The van der Waals surface area contributed by atoms with Crippen molar-refractivity contribution in [3.05, 3.63) is 81.3 Å². The third-order valence-corrected chi connectivity index (χ3v) is 6.43. The van der Waals surface area contributed by atoms with Crippen LogP contribution in [0.3, 0.4) is 0 Å². The first-order valence-electron chi connectivity index (χ1n) is 10.9. The number of benzene rings is 2. The first-order chi connectivity index (χ1) is 16.1. The summed E-state index contributed by atoms with van der Waals surface area (Å²) in [7, 11) is 1.59. The number of methoxy groups -OCH3 is 1. The first-order valence-corrected chi connectivity index (χ1v) is 11.7. The van der Waals surface area contributed by atoms with Gasteiger partial charge in [0.15, 0.2) is 0 Å². The number of fused-ring (bicyclic) bond motifs is 1. The summed E-state index contributed by atoms with van der Waals surface area (Å²) in [6, 6.07) is 16.0. The Hall–Kier alpha value is -3.23. The van der Waals surface area contributed by atoms with E-state index in [1.807, 2.05) is 35.2 Å². The molecule has 2 heterocycles. The highest BCUT2D eigenvalue weighted by Gasteiger charge is 2.30. The van der Waals surface area contributed by atoms with Crippen LogP contribution in [0, 0.1) is 0 Å². The van der Waals surface area contributed by atoms with Crippen LogP contribution >= 0.6 is 11.3 Å². The van der Waals surface area contributed by atoms with Crippen molar-refractivity contribution < 1.29 is 19.1 Å². The van der Waals surface area contributed by atoms with Crippen LogP contribution in [0.2, 0.25) is 0 Å². The number of ether oxygens (including phenoxy) is 2. The molecule has 33 heavy (non-hydrogen) atoms. The zero-order valence-corrected chi connectivity index (χ0v) is 19.6. The third kappa shape index (κ3) is 5.40. The normalized spacial score (nSPS) is 15.1. The van der Waals surface area contributed by atoms with Gasteiger partial charge in [0.1, 0.15) is 23.1 Å². The third-order valence-electron chi connectivity index (χ3n) is 5.60. The summed E-state index contributed by atoms with van der Waals surface area (Å²) in [6.45, 7) is 3.47. The van der Waals surface area contributed by atoms with Crippen LogP contribution in [-0.2, 0) is 22.6 Å². The van der Waals surface area contributed by atoms with Gasteiger partial charge < -0.3 is 19.7 Å². The van der Waals surface area contributed by atoms with Crippen LogP contribution in [0.25, 0.3) is 0 Å². The summed E-state index contributed by atoms with van der Waals surface area (Å²) in [4.78, 5) is 30.8. The summed E-state index contributed by atoms with van der Waals surface area (Å²) >= 11 is 1.39. The molecule has 172 valence electrons. The second-order valence-corrected chi connectivity index (χ2v) is 8.74. The van der Waals surface area contributed by atoms with E-state index in [9.17, 15) is 9.59 Å². The van der Waals surface area contributed by atoms with Crippen LogP contribution in [0.5, 0.6) is 5.75 Å². The highest BCUT2D eigenvalue weighted by Crippen LogP contribution is 2.37. The van der Waals surface area contributed by atoms with Gasteiger partial charge in [-0.25, -0.2) is 4.98 Å². The van der Waals surface area contributed by atoms with Crippen molar-refractivity contribution in [3.8, 4) is 5.75 Å². The molecular formula is C25H27N3O4S. The maximum Gasteiger partial charge on any atom is 0.270 e. The molecule has 0 saturated heterocycles. The summed E-state index contributed by atoms with van der Waals surface area (Å²) in [5, 5.41) is 5.21. The molecule has 2 aromatic carbocycles. The average molecular weight is 466 g/mol. The number of hydrogen-bond donors (Lipinski definition) is 1. The highest BCUT2D eigenvalue weighted by molar-refractivity contribution is 7.09. The van der Waals surface area contributed by atoms with Gasteiger partial charge in [0.2, 0.25) is 5.91 Å². The van der Waals surface area contributed by atoms with Crippen LogP contribution in [0.15, 0.2) is 53.9 Å². The lowest BCUT2D eigenvalue weighted by atomic mass is 9.88. The predicted octanol–water partition coefficient (Wildman–Crippen LogP) is 3.59. The van der Waals surface area contributed by atoms with E-state index in [0.717, 1.165) is 22.6 Å². The van der Waals surface area contributed by atoms with Crippen molar-refractivity contribution in [3.63, 3.8) is 0 Å². The Morgan fingerprint density at radius 3 is 2.79 bits per heavy atom. The van der Waals surface area contributed by atoms with Gasteiger partial charge in [0, 0.05) is 32.5 Å². The number of amides is 2. The molecule has 1 atom stereocenters. The van der Waals surface area contributed by atoms with Crippen molar-refractivity contribution in [1.29, 1.82) is 0 Å². The molecule has 7 nitrogen and oxygen atoms in total. The van der Waals surface area contributed by atoms with Crippen molar-refractivity contribution in [2.24, 2.45) is 0 Å². The lowest BCUT2D eigenvalue weighted by molar-refractivity contribution is -0.130. The zero-order chi connectivity index (χ0) is 23.2. The summed E-state index contributed by atoms with van der Waals surface area (Å²) in [5.41, 5.74) is 3.76. The van der Waals surface area contributed by atoms with E-state index in [0.29, 0.717) is 31.1 Å². The monoisotopic (exact) mass is 465 g/mol. The molecule has 1 aliphatic rings. The van der Waals surface area contributed by atoms with Gasteiger partial charge in [0.25, 0.3) is 5.91 Å². The number of carbonyl (C=O) groups is 2. The maximum atomic E-state index is 12.4. The van der Waals surface area contributed by atoms with Crippen molar-refractivity contribution in [2.75, 3.05) is 26.8 Å². The summed E-state index contributed by atoms with van der Waals surface area (Å²) in [6.07, 6.45) is 0.812. The van der Waals surface area contributed by atoms with Crippen LogP contribution in [0.4, 0.5) is 0 Å². The highest BCUT2D eigenvalue weighted by atomic mass is 32.1. The molecule has 0 radical (unpaired) electrons. The van der Waals surface area contributed by atoms with Gasteiger partial charge in [-0.2, -0.15) is 0 Å². The Balaban J connectivity index is 1.50. The maximum absolute atomic E-state index is 12.4. The van der Waals surface area contributed by atoms with E-state index in [1.165, 1.54) is 16.9 Å². The largest absolute Gasteiger partial charge is 0.486 e. The smallest absolute Gasteiger partial charge is 0.270 e. The fourth-order valence-electron chi connectivity index (χ4n) is 4.00. The summed E-state index contributed by atoms with van der Waals surface area (Å²) in [5.74, 6) is 0.541. The SMILES string of the molecule is COCCNC(=O)c1csc(COc2ccc3c(c2)C(c2ccccc2)N(C(C)=O)CC3)n1. The Morgan fingerprint density at radius 2 is 2.03 bits per heavy atom. The number of carbonyl (C=O) groups excluding carboxylic acids is 2. The zero-order valence-electron chi connectivity index (χ0n) is 18.7. The first kappa shape index (κ1) is 22.9. The standard InChI is InChI=1S/C25H27N3O4S/c1-17(29)28-12-10-18-8-9-20(14-21(18)24(28)19-6-4-3-5-7-19)32-15-23-27-22(16-33-23)25(30)26-11-13-31-2/h3-9,14,16,24H,10-13,15H2,1-2H3,(H,26,30). The average Bonchev–Trinajstić information content (AvgIpc) is 3.31. The molecule has 0 bridgehead atoms. The number of nitrogens with zero attached hydrogens (tertiary/aromatic N) is 2. The molecule has 2 amide bonds. The van der Waals surface area contributed by atoms with Crippen LogP contribution in [0.1, 0.15) is 45.2 Å². The minimum Gasteiger partial charge on any atom is -0.486 e. The van der Waals surface area contributed by atoms with E-state index < -0.39 is 0 Å². The minimum absolute atomic E-state index is 0.0555. The Kier molecular flexibility index (Phi) is 7.36. The number of hydrogen-bond acceptors (Lipinski definition) is 6. The molecule has 0 spiro atoms. The lowest BCUT2D eigenvalue weighted by Gasteiger charge is -2.37. The quantitative estimate of drug-likeness (QED) is 0.514. The fourth-order valence-corrected chi connectivity index (χ4v) is 4.69. The number of thiazole rings is 1. The van der Waals surface area contributed by atoms with Gasteiger partial charge in [0.05, 0.1) is 12.6 Å². The Morgan fingerprint density at radius 1 is 1.21 bits per heavy atom. The number of aromatic nitrogens is 1. The molecule has 0 aliphatic carbocycles. The van der Waals surface area contributed by atoms with Gasteiger partial charge in [-0.1, -0.05) is 36.4 Å². The Bertz CT molecular complexity index is 1120. The van der Waals surface area contributed by atoms with E-state index in [1.54, 1.807) is 19.4 Å². The van der Waals surface area contributed by atoms with E-state index >= 15 is 0 Å². The molecule has 8 heteroatoms. The molecule has 0 fully saturated rings. The van der Waals surface area contributed by atoms with E-state index in [4.69, 9.17) is 9.47 Å². The molecule has 4 rings (SSSR count). The van der Waals surface area contributed by atoms with E-state index in [2.05, 4.69) is 28.5 Å². The van der Waals surface area contributed by atoms with Crippen molar-refractivity contribution >= 4 is 23.2 Å². The topological polar surface area (TPSA) is 80.8 Å². The molecule has 1 aliphatic heterocycles. The van der Waals surface area contributed by atoms with Gasteiger partial charge in [-0.15, -0.1) is 11.3 Å². The fraction of sp³-hybridized carbons (Fsp3) is 0.320. The number of rotatable bonds is 8. The lowest BCUT2D eigenvalue weighted by Crippen LogP contribution is -2.39. The predicted molar refractivity (Wildman–Crippen MR) is 126 cm³/mol. The van der Waals surface area contributed by atoms with Crippen LogP contribution < -0.4 is 10.1 Å². The van der Waals surface area contributed by atoms with Gasteiger partial charge in [-0.3, -0.25) is 9.59 Å². The Labute approximate surface area is 197 Å². The molecule has 1 N–H and O–H groups in total. The van der Waals surface area contributed by atoms with Gasteiger partial charge >= 0.3 is 0 Å². The van der Waals surface area contributed by atoms with Crippen molar-refractivity contribution in [1.82, 2.24) is 15.2 Å². The van der Waals surface area contributed by atoms with E-state index in [-0.39, 0.29) is 24.5 Å². The second kappa shape index (κ2) is 10.6. The van der Waals surface area contributed by atoms with Crippen molar-refractivity contribution in [2.45, 2.75) is 26.0 Å². The molecule has 1 unspecified atom stereocenters.